The summed E-state index contributed by atoms with van der Waals surface area (Å²) in [6, 6.07) is 0. The van der Waals surface area contributed by atoms with Crippen molar-refractivity contribution in [2.75, 3.05) is 6.61 Å². The maximum absolute atomic E-state index is 13.6. The minimum Gasteiger partial charge on any atom is -0.387 e. The Morgan fingerprint density at radius 2 is 1.75 bits per heavy atom. The van der Waals surface area contributed by atoms with Crippen LogP contribution in [0.2, 0.25) is 0 Å². The lowest BCUT2D eigenvalue weighted by Crippen LogP contribution is -2.38. The predicted molar refractivity (Wildman–Crippen MR) is 92.7 cm³/mol. The number of carbonyl (C=O) groups is 1. The van der Waals surface area contributed by atoms with Gasteiger partial charge in [0.05, 0.1) is 12.8 Å². The second-order valence-electron chi connectivity index (χ2n) is 5.92. The predicted octanol–water partition coefficient (Wildman–Crippen LogP) is -2.56. The number of nitrogens with two attached hydrogens (primary N) is 1. The van der Waals surface area contributed by atoms with Gasteiger partial charge in [0.25, 0.3) is 11.5 Å². The number of halogens is 1. The number of primary amides is 1. The Bertz CT molecular complexity index is 1090. The molecule has 22 heteroatoms. The number of phosphoric ester groups is 1. The quantitative estimate of drug-likeness (QED) is 0.162. The number of carbonyl (C=O) groups excluding carboxylic acids is 1. The molecule has 1 aromatic heterocycles. The summed E-state index contributed by atoms with van der Waals surface area (Å²) >= 11 is 0. The second kappa shape index (κ2) is 9.44. The average Bonchev–Trinajstić information content (AvgIpc) is 2.86. The average molecular weight is 529 g/mol. The van der Waals surface area contributed by atoms with Gasteiger partial charge in [-0.15, -0.1) is 0 Å². The lowest BCUT2D eigenvalue weighted by molar-refractivity contribution is -0.0542. The van der Waals surface area contributed by atoms with Crippen LogP contribution in [0.3, 0.4) is 0 Å². The molecule has 2 heterocycles. The Balaban J connectivity index is 2.16. The summed E-state index contributed by atoms with van der Waals surface area (Å²) < 4.78 is 63.8. The maximum Gasteiger partial charge on any atom is 0.490 e. The third-order valence-corrected chi connectivity index (χ3v) is 7.37. The van der Waals surface area contributed by atoms with E-state index >= 15 is 0 Å². The monoisotopic (exact) mass is 529 g/mol. The minimum absolute atomic E-state index is 0.321. The van der Waals surface area contributed by atoms with Crippen LogP contribution >= 0.6 is 23.5 Å². The lowest BCUT2D eigenvalue weighted by Gasteiger charge is -2.19. The number of phosphoric acid groups is 3. The molecule has 0 aliphatic carbocycles. The topological polar surface area (TPSA) is 287 Å². The van der Waals surface area contributed by atoms with Crippen LogP contribution in [0.1, 0.15) is 16.7 Å². The fourth-order valence-electron chi connectivity index (χ4n) is 2.40. The van der Waals surface area contributed by atoms with E-state index in [0.29, 0.717) is 10.8 Å². The highest BCUT2D eigenvalue weighted by atomic mass is 31.3. The van der Waals surface area contributed by atoms with Gasteiger partial charge >= 0.3 is 23.5 Å². The van der Waals surface area contributed by atoms with E-state index in [9.17, 15) is 42.8 Å². The number of nitrogens with zero attached hydrogens (tertiary/aromatic N) is 2. The van der Waals surface area contributed by atoms with Crippen molar-refractivity contribution in [1.29, 1.82) is 0 Å². The van der Waals surface area contributed by atoms with Crippen LogP contribution in [0.4, 0.5) is 4.39 Å². The SMILES string of the molecule is NC(=O)c1nc(F)cn(C2OC(COP(=O)(O)OP(=O)(O)OP(=O)(O)O)C(O)C2O)c1=O. The minimum atomic E-state index is -5.80. The molecule has 32 heavy (non-hydrogen) atoms. The number of ether oxygens (including phenoxy) is 1. The van der Waals surface area contributed by atoms with Crippen LogP contribution in [0, 0.1) is 5.95 Å². The molecule has 182 valence electrons. The first-order valence-corrected chi connectivity index (χ1v) is 12.3. The highest BCUT2D eigenvalue weighted by molar-refractivity contribution is 7.66. The summed E-state index contributed by atoms with van der Waals surface area (Å²) in [7, 11) is -17.0. The van der Waals surface area contributed by atoms with E-state index < -0.39 is 77.7 Å². The van der Waals surface area contributed by atoms with Gasteiger partial charge < -0.3 is 40.3 Å². The standard InChI is InChI=1S/C10H15FN3O15P3/c11-4-1-14(9(18)5(13-4)8(12)17)10-7(16)6(15)3(27-10)2-26-31(22,23)29-32(24,25)28-30(19,20)21/h1,3,6-7,10,15-16H,2H2,(H2,12,17)(H,22,23)(H,24,25)(H2,19,20,21). The summed E-state index contributed by atoms with van der Waals surface area (Å²) in [5.41, 5.74) is 2.52. The molecule has 0 spiro atoms. The van der Waals surface area contributed by atoms with Crippen molar-refractivity contribution in [2.45, 2.75) is 24.5 Å². The van der Waals surface area contributed by atoms with Gasteiger partial charge in [-0.25, -0.2) is 18.7 Å². The summed E-state index contributed by atoms with van der Waals surface area (Å²) in [6.45, 7) is -1.18. The molecule has 1 saturated heterocycles. The van der Waals surface area contributed by atoms with E-state index in [1.165, 1.54) is 0 Å². The van der Waals surface area contributed by atoms with Crippen LogP contribution in [0.15, 0.2) is 11.0 Å². The summed E-state index contributed by atoms with van der Waals surface area (Å²) in [5.74, 6) is -2.80. The zero-order chi connectivity index (χ0) is 24.6. The number of aromatic nitrogens is 2. The Kier molecular flexibility index (Phi) is 7.91. The Morgan fingerprint density at radius 3 is 2.28 bits per heavy atom. The Morgan fingerprint density at radius 1 is 1.16 bits per heavy atom. The molecule has 2 rings (SSSR count). The summed E-state index contributed by atoms with van der Waals surface area (Å²) in [5, 5.41) is 20.1. The van der Waals surface area contributed by atoms with Gasteiger partial charge in [-0.1, -0.05) is 0 Å². The Labute approximate surface area is 175 Å². The molecule has 8 N–H and O–H groups in total. The maximum atomic E-state index is 13.6. The van der Waals surface area contributed by atoms with E-state index in [4.69, 9.17) is 25.2 Å². The number of rotatable bonds is 9. The molecular weight excluding hydrogens is 514 g/mol. The molecule has 0 radical (unpaired) electrons. The van der Waals surface area contributed by atoms with Gasteiger partial charge in [-0.3, -0.25) is 18.7 Å². The number of amides is 1. The van der Waals surface area contributed by atoms with E-state index in [0.717, 1.165) is 0 Å². The molecule has 18 nitrogen and oxygen atoms in total. The first-order chi connectivity index (χ1) is 14.4. The number of aliphatic hydroxyl groups excluding tert-OH is 2. The van der Waals surface area contributed by atoms with Crippen LogP contribution in [0.25, 0.3) is 0 Å². The first kappa shape index (κ1) is 26.8. The van der Waals surface area contributed by atoms with Crippen LogP contribution in [0.5, 0.6) is 0 Å². The lowest BCUT2D eigenvalue weighted by atomic mass is 10.1. The third-order valence-electron chi connectivity index (χ3n) is 3.56. The van der Waals surface area contributed by atoms with Crippen LogP contribution in [-0.2, 0) is 31.6 Å². The largest absolute Gasteiger partial charge is 0.490 e. The molecular formula is C10H15FN3O15P3. The highest BCUT2D eigenvalue weighted by Crippen LogP contribution is 2.66. The summed E-state index contributed by atoms with van der Waals surface area (Å²) in [4.78, 5) is 61.7. The van der Waals surface area contributed by atoms with Gasteiger partial charge in [-0.2, -0.15) is 13.0 Å². The van der Waals surface area contributed by atoms with Gasteiger partial charge in [0, 0.05) is 0 Å². The zero-order valence-electron chi connectivity index (χ0n) is 15.1. The normalized spacial score (nSPS) is 27.6. The van der Waals surface area contributed by atoms with Crippen molar-refractivity contribution in [3.05, 3.63) is 28.2 Å². The first-order valence-electron chi connectivity index (χ1n) is 7.81. The van der Waals surface area contributed by atoms with Gasteiger partial charge in [-0.05, 0) is 0 Å². The summed E-state index contributed by atoms with van der Waals surface area (Å²) in [6.07, 6.45) is -7.18. The van der Waals surface area contributed by atoms with Gasteiger partial charge in [0.2, 0.25) is 5.95 Å². The van der Waals surface area contributed by atoms with Crippen LogP contribution < -0.4 is 11.3 Å². The highest BCUT2D eigenvalue weighted by Gasteiger charge is 2.47. The molecule has 1 fully saturated rings. The molecule has 6 atom stereocenters. The fraction of sp³-hybridized carbons (Fsp3) is 0.500. The van der Waals surface area contributed by atoms with Crippen molar-refractivity contribution < 1.29 is 70.5 Å². The van der Waals surface area contributed by atoms with E-state index in [-0.39, 0.29) is 0 Å². The smallest absolute Gasteiger partial charge is 0.387 e. The second-order valence-corrected chi connectivity index (χ2v) is 10.3. The number of hydrogen-bond acceptors (Lipinski definition) is 12. The molecule has 6 unspecified atom stereocenters. The molecule has 0 saturated carbocycles. The molecule has 1 amide bonds. The van der Waals surface area contributed by atoms with Crippen molar-refractivity contribution >= 4 is 29.4 Å². The zero-order valence-corrected chi connectivity index (χ0v) is 17.8. The van der Waals surface area contributed by atoms with Crippen molar-refractivity contribution in [1.82, 2.24) is 9.55 Å². The Hall–Kier alpha value is -1.43. The van der Waals surface area contributed by atoms with Crippen molar-refractivity contribution in [2.24, 2.45) is 5.73 Å². The molecule has 1 aliphatic heterocycles. The number of aliphatic hydroxyl groups is 2. The fourth-order valence-corrected chi connectivity index (χ4v) is 5.43. The van der Waals surface area contributed by atoms with Crippen LogP contribution in [-0.4, -0.2) is 70.2 Å². The van der Waals surface area contributed by atoms with E-state index in [1.807, 2.05) is 0 Å². The molecule has 1 aromatic rings. The number of hydrogen-bond donors (Lipinski definition) is 7. The van der Waals surface area contributed by atoms with E-state index in [2.05, 4.69) is 18.1 Å². The van der Waals surface area contributed by atoms with Gasteiger partial charge in [0.1, 0.15) is 18.3 Å². The van der Waals surface area contributed by atoms with Crippen molar-refractivity contribution in [3.8, 4) is 0 Å². The molecule has 1 aliphatic rings. The molecule has 0 bridgehead atoms. The molecule has 0 aromatic carbocycles. The third kappa shape index (κ3) is 6.79. The van der Waals surface area contributed by atoms with Crippen molar-refractivity contribution in [3.63, 3.8) is 0 Å². The van der Waals surface area contributed by atoms with E-state index in [1.54, 1.807) is 0 Å². The van der Waals surface area contributed by atoms with Gasteiger partial charge in [0.15, 0.2) is 11.9 Å².